The number of amides is 1. The van der Waals surface area contributed by atoms with Gasteiger partial charge in [-0.25, -0.2) is 8.42 Å². The SMILES string of the molecule is O=C(CCn1cc(Cl)cn1)N[C@@H]1CS(=O)(=O)C[C@H]1NC1CCOCC1. The summed E-state index contributed by atoms with van der Waals surface area (Å²) in [4.78, 5) is 12.2. The Morgan fingerprint density at radius 1 is 1.32 bits per heavy atom. The fourth-order valence-corrected chi connectivity index (χ4v) is 5.31. The number of aryl methyl sites for hydroxylation is 1. The Balaban J connectivity index is 1.53. The van der Waals surface area contributed by atoms with Crippen LogP contribution < -0.4 is 10.6 Å². The summed E-state index contributed by atoms with van der Waals surface area (Å²) in [5.41, 5.74) is 0. The number of nitrogens with one attached hydrogen (secondary N) is 2. The van der Waals surface area contributed by atoms with E-state index in [-0.39, 0.29) is 35.9 Å². The highest BCUT2D eigenvalue weighted by Gasteiger charge is 2.39. The molecule has 2 aliphatic rings. The van der Waals surface area contributed by atoms with E-state index in [4.69, 9.17) is 16.3 Å². The molecule has 2 atom stereocenters. The lowest BCUT2D eigenvalue weighted by molar-refractivity contribution is -0.122. The van der Waals surface area contributed by atoms with Gasteiger partial charge in [0.1, 0.15) is 0 Å². The second kappa shape index (κ2) is 8.03. The lowest BCUT2D eigenvalue weighted by Crippen LogP contribution is -2.53. The van der Waals surface area contributed by atoms with Gasteiger partial charge < -0.3 is 15.4 Å². The molecule has 0 radical (unpaired) electrons. The summed E-state index contributed by atoms with van der Waals surface area (Å²) in [6.07, 6.45) is 5.09. The normalized spacial score (nSPS) is 26.6. The highest BCUT2D eigenvalue weighted by Crippen LogP contribution is 2.16. The van der Waals surface area contributed by atoms with Crippen LogP contribution in [0.5, 0.6) is 0 Å². The van der Waals surface area contributed by atoms with Crippen molar-refractivity contribution in [1.29, 1.82) is 0 Å². The predicted molar refractivity (Wildman–Crippen MR) is 93.2 cm³/mol. The molecule has 2 saturated heterocycles. The van der Waals surface area contributed by atoms with Crippen molar-refractivity contribution < 1.29 is 17.9 Å². The summed E-state index contributed by atoms with van der Waals surface area (Å²) in [6.45, 7) is 1.76. The van der Waals surface area contributed by atoms with Gasteiger partial charge >= 0.3 is 0 Å². The van der Waals surface area contributed by atoms with Gasteiger partial charge in [0, 0.05) is 44.5 Å². The van der Waals surface area contributed by atoms with Crippen molar-refractivity contribution in [3.63, 3.8) is 0 Å². The number of rotatable bonds is 6. The summed E-state index contributed by atoms with van der Waals surface area (Å²) in [5.74, 6) is -0.149. The molecule has 3 heterocycles. The lowest BCUT2D eigenvalue weighted by Gasteiger charge is -2.29. The van der Waals surface area contributed by atoms with E-state index in [1.807, 2.05) is 0 Å². The molecule has 0 saturated carbocycles. The minimum atomic E-state index is -3.15. The van der Waals surface area contributed by atoms with Crippen LogP contribution in [0.3, 0.4) is 0 Å². The first-order valence-electron chi connectivity index (χ1n) is 8.43. The zero-order chi connectivity index (χ0) is 17.9. The van der Waals surface area contributed by atoms with Crippen molar-refractivity contribution in [3.8, 4) is 0 Å². The smallest absolute Gasteiger partial charge is 0.222 e. The summed E-state index contributed by atoms with van der Waals surface area (Å²) in [5, 5.41) is 10.8. The summed E-state index contributed by atoms with van der Waals surface area (Å²) < 4.78 is 30.9. The quantitative estimate of drug-likeness (QED) is 0.707. The largest absolute Gasteiger partial charge is 0.381 e. The Labute approximate surface area is 152 Å². The zero-order valence-corrected chi connectivity index (χ0v) is 15.4. The number of ether oxygens (including phenoxy) is 1. The maximum Gasteiger partial charge on any atom is 0.222 e. The van der Waals surface area contributed by atoms with Crippen molar-refractivity contribution in [2.45, 2.75) is 43.9 Å². The van der Waals surface area contributed by atoms with E-state index in [0.717, 1.165) is 12.8 Å². The van der Waals surface area contributed by atoms with Crippen molar-refractivity contribution in [2.24, 2.45) is 0 Å². The minimum Gasteiger partial charge on any atom is -0.381 e. The molecule has 2 fully saturated rings. The van der Waals surface area contributed by atoms with Gasteiger partial charge in [-0.2, -0.15) is 5.10 Å². The van der Waals surface area contributed by atoms with Crippen LogP contribution in [-0.4, -0.2) is 67.0 Å². The van der Waals surface area contributed by atoms with Gasteiger partial charge in [0.2, 0.25) is 5.91 Å². The van der Waals surface area contributed by atoms with E-state index in [2.05, 4.69) is 15.7 Å². The molecule has 1 aromatic heterocycles. The van der Waals surface area contributed by atoms with E-state index in [1.165, 1.54) is 6.20 Å². The van der Waals surface area contributed by atoms with Crippen LogP contribution >= 0.6 is 11.6 Å². The number of carbonyl (C=O) groups excluding carboxylic acids is 1. The number of carbonyl (C=O) groups is 1. The first-order chi connectivity index (χ1) is 11.9. The molecule has 1 amide bonds. The van der Waals surface area contributed by atoms with E-state index >= 15 is 0 Å². The van der Waals surface area contributed by atoms with Crippen LogP contribution in [-0.2, 0) is 25.9 Å². The van der Waals surface area contributed by atoms with Gasteiger partial charge in [0.05, 0.1) is 28.8 Å². The minimum absolute atomic E-state index is 0.0206. The number of nitrogens with zero attached hydrogens (tertiary/aromatic N) is 2. The van der Waals surface area contributed by atoms with Crippen LogP contribution in [0.4, 0.5) is 0 Å². The Morgan fingerprint density at radius 3 is 2.72 bits per heavy atom. The summed E-state index contributed by atoms with van der Waals surface area (Å²) in [6, 6.07) is -0.421. The van der Waals surface area contributed by atoms with E-state index in [0.29, 0.717) is 24.8 Å². The van der Waals surface area contributed by atoms with Crippen molar-refractivity contribution in [1.82, 2.24) is 20.4 Å². The second-order valence-electron chi connectivity index (χ2n) is 6.58. The third-order valence-corrected chi connectivity index (χ3v) is 6.47. The number of halogens is 1. The standard InChI is InChI=1S/C15H23ClN4O4S/c16-11-7-17-20(8-11)4-1-15(21)19-14-10-25(22,23)9-13(14)18-12-2-5-24-6-3-12/h7-8,12-14,18H,1-6,9-10H2,(H,19,21)/t13-,14-/m1/s1. The van der Waals surface area contributed by atoms with Crippen LogP contribution in [0.15, 0.2) is 12.4 Å². The van der Waals surface area contributed by atoms with E-state index < -0.39 is 15.9 Å². The predicted octanol–water partition coefficient (Wildman–Crippen LogP) is -0.0230. The molecule has 8 nitrogen and oxygen atoms in total. The number of sulfone groups is 1. The van der Waals surface area contributed by atoms with E-state index in [9.17, 15) is 13.2 Å². The van der Waals surface area contributed by atoms with Crippen LogP contribution in [0.25, 0.3) is 0 Å². The lowest BCUT2D eigenvalue weighted by atomic mass is 10.1. The monoisotopic (exact) mass is 390 g/mol. The average molecular weight is 391 g/mol. The highest BCUT2D eigenvalue weighted by molar-refractivity contribution is 7.91. The summed E-state index contributed by atoms with van der Waals surface area (Å²) >= 11 is 5.79. The van der Waals surface area contributed by atoms with Crippen LogP contribution in [0, 0.1) is 0 Å². The molecule has 0 aliphatic carbocycles. The first-order valence-corrected chi connectivity index (χ1v) is 10.6. The third kappa shape index (κ3) is 5.40. The third-order valence-electron chi connectivity index (χ3n) is 4.54. The van der Waals surface area contributed by atoms with Crippen LogP contribution in [0.1, 0.15) is 19.3 Å². The molecule has 1 aromatic rings. The fourth-order valence-electron chi connectivity index (χ4n) is 3.28. The average Bonchev–Trinajstić information content (AvgIpc) is 3.09. The van der Waals surface area contributed by atoms with Crippen LogP contribution in [0.2, 0.25) is 5.02 Å². The molecular weight excluding hydrogens is 368 g/mol. The van der Waals surface area contributed by atoms with Crippen molar-refractivity contribution in [2.75, 3.05) is 24.7 Å². The zero-order valence-electron chi connectivity index (χ0n) is 13.9. The second-order valence-corrected chi connectivity index (χ2v) is 9.17. The maximum absolute atomic E-state index is 12.2. The van der Waals surface area contributed by atoms with Gasteiger partial charge in [-0.15, -0.1) is 0 Å². The van der Waals surface area contributed by atoms with E-state index in [1.54, 1.807) is 10.9 Å². The molecule has 0 unspecified atom stereocenters. The molecule has 0 spiro atoms. The Bertz CT molecular complexity index is 702. The first kappa shape index (κ1) is 18.6. The van der Waals surface area contributed by atoms with Gasteiger partial charge in [-0.3, -0.25) is 9.48 Å². The topological polar surface area (TPSA) is 102 Å². The molecule has 25 heavy (non-hydrogen) atoms. The molecular formula is C15H23ClN4O4S. The molecule has 2 N–H and O–H groups in total. The van der Waals surface area contributed by atoms with Gasteiger partial charge in [-0.05, 0) is 12.8 Å². The summed E-state index contributed by atoms with van der Waals surface area (Å²) in [7, 11) is -3.15. The molecule has 0 aromatic carbocycles. The molecule has 2 aliphatic heterocycles. The molecule has 3 rings (SSSR count). The number of hydrogen-bond acceptors (Lipinski definition) is 6. The van der Waals surface area contributed by atoms with Gasteiger partial charge in [0.15, 0.2) is 9.84 Å². The fraction of sp³-hybridized carbons (Fsp3) is 0.733. The van der Waals surface area contributed by atoms with Crippen molar-refractivity contribution in [3.05, 3.63) is 17.4 Å². The Morgan fingerprint density at radius 2 is 2.04 bits per heavy atom. The van der Waals surface area contributed by atoms with Gasteiger partial charge in [-0.1, -0.05) is 11.6 Å². The van der Waals surface area contributed by atoms with Gasteiger partial charge in [0.25, 0.3) is 0 Å². The Hall–Kier alpha value is -1.16. The molecule has 140 valence electrons. The maximum atomic E-state index is 12.2. The number of aromatic nitrogens is 2. The Kier molecular flexibility index (Phi) is 5.98. The molecule has 10 heteroatoms. The molecule has 0 bridgehead atoms. The van der Waals surface area contributed by atoms with Crippen molar-refractivity contribution >= 4 is 27.3 Å². The highest BCUT2D eigenvalue weighted by atomic mass is 35.5. The number of hydrogen-bond donors (Lipinski definition) is 2.